The van der Waals surface area contributed by atoms with Crippen LogP contribution in [0.25, 0.3) is 0 Å². The van der Waals surface area contributed by atoms with Crippen molar-refractivity contribution in [3.63, 3.8) is 0 Å². The molecule has 0 bridgehead atoms. The number of rotatable bonds is 7. The second-order valence-electron chi connectivity index (χ2n) is 6.14. The molecule has 0 spiro atoms. The average Bonchev–Trinajstić information content (AvgIpc) is 2.93. The van der Waals surface area contributed by atoms with Crippen LogP contribution in [0.3, 0.4) is 0 Å². The van der Waals surface area contributed by atoms with Gasteiger partial charge in [0.2, 0.25) is 5.91 Å². The Balaban J connectivity index is 1.56. The highest BCUT2D eigenvalue weighted by molar-refractivity contribution is 6.21. The van der Waals surface area contributed by atoms with Gasteiger partial charge in [-0.05, 0) is 29.8 Å². The van der Waals surface area contributed by atoms with Gasteiger partial charge in [-0.1, -0.05) is 12.1 Å². The lowest BCUT2D eigenvalue weighted by atomic mass is 10.1. The van der Waals surface area contributed by atoms with Crippen molar-refractivity contribution in [1.82, 2.24) is 10.2 Å². The number of hydrogen-bond donors (Lipinski definition) is 1. The topological polar surface area (TPSA) is 84.9 Å². The van der Waals surface area contributed by atoms with Crippen LogP contribution >= 0.6 is 0 Å². The fourth-order valence-corrected chi connectivity index (χ4v) is 3.04. The van der Waals surface area contributed by atoms with E-state index in [-0.39, 0.29) is 36.5 Å². The second kappa shape index (κ2) is 8.08. The number of halogens is 1. The summed E-state index contributed by atoms with van der Waals surface area (Å²) in [4.78, 5) is 37.6. The van der Waals surface area contributed by atoms with E-state index in [0.717, 1.165) is 16.5 Å². The standard InChI is InChI=1S/C20H19FN2O5/c1-27-15-7-6-12(10-16(15)28-2)11-17(24)22-8-9-23-19(25)13-4-3-5-14(21)18(13)20(23)26/h3-7,10H,8-9,11H2,1-2H3,(H,22,24). The third-order valence-corrected chi connectivity index (χ3v) is 4.42. The number of carbonyl (C=O) groups is 3. The highest BCUT2D eigenvalue weighted by atomic mass is 19.1. The van der Waals surface area contributed by atoms with Gasteiger partial charge in [0.25, 0.3) is 11.8 Å². The molecule has 1 aliphatic heterocycles. The fourth-order valence-electron chi connectivity index (χ4n) is 3.04. The summed E-state index contributed by atoms with van der Waals surface area (Å²) in [6.07, 6.45) is 0.0943. The molecule has 1 aliphatic rings. The Kier molecular flexibility index (Phi) is 5.58. The number of ether oxygens (including phenoxy) is 2. The van der Waals surface area contributed by atoms with Crippen LogP contribution in [-0.4, -0.2) is 49.9 Å². The van der Waals surface area contributed by atoms with Crippen molar-refractivity contribution >= 4 is 17.7 Å². The molecule has 3 rings (SSSR count). The molecule has 0 saturated heterocycles. The van der Waals surface area contributed by atoms with Crippen LogP contribution in [0, 0.1) is 5.82 Å². The number of nitrogens with zero attached hydrogens (tertiary/aromatic N) is 1. The van der Waals surface area contributed by atoms with Crippen molar-refractivity contribution in [2.24, 2.45) is 0 Å². The second-order valence-corrected chi connectivity index (χ2v) is 6.14. The van der Waals surface area contributed by atoms with E-state index in [0.29, 0.717) is 11.5 Å². The lowest BCUT2D eigenvalue weighted by molar-refractivity contribution is -0.120. The first kappa shape index (κ1) is 19.3. The van der Waals surface area contributed by atoms with Gasteiger partial charge in [-0.25, -0.2) is 4.39 Å². The van der Waals surface area contributed by atoms with Gasteiger partial charge >= 0.3 is 0 Å². The van der Waals surface area contributed by atoms with Gasteiger partial charge in [0.05, 0.1) is 31.8 Å². The molecule has 2 aromatic carbocycles. The summed E-state index contributed by atoms with van der Waals surface area (Å²) in [5, 5.41) is 2.66. The lowest BCUT2D eigenvalue weighted by Gasteiger charge is -2.14. The Morgan fingerprint density at radius 3 is 2.50 bits per heavy atom. The van der Waals surface area contributed by atoms with Crippen LogP contribution in [0.5, 0.6) is 11.5 Å². The zero-order valence-electron chi connectivity index (χ0n) is 15.5. The average molecular weight is 386 g/mol. The van der Waals surface area contributed by atoms with Crippen molar-refractivity contribution in [2.45, 2.75) is 6.42 Å². The number of nitrogens with one attached hydrogen (secondary N) is 1. The molecule has 8 heteroatoms. The number of benzene rings is 2. The van der Waals surface area contributed by atoms with Gasteiger partial charge in [-0.3, -0.25) is 19.3 Å². The van der Waals surface area contributed by atoms with E-state index in [1.54, 1.807) is 18.2 Å². The molecule has 0 radical (unpaired) electrons. The summed E-state index contributed by atoms with van der Waals surface area (Å²) in [6.45, 7) is 0.0304. The molecule has 0 atom stereocenters. The molecule has 0 saturated carbocycles. The van der Waals surface area contributed by atoms with E-state index in [4.69, 9.17) is 9.47 Å². The van der Waals surface area contributed by atoms with E-state index in [1.807, 2.05) is 0 Å². The van der Waals surface area contributed by atoms with Crippen LogP contribution in [0.15, 0.2) is 36.4 Å². The van der Waals surface area contributed by atoms with Gasteiger partial charge in [0.15, 0.2) is 11.5 Å². The number of amides is 3. The molecule has 0 fully saturated rings. The maximum atomic E-state index is 13.8. The van der Waals surface area contributed by atoms with Crippen LogP contribution in [0.1, 0.15) is 26.3 Å². The fraction of sp³-hybridized carbons (Fsp3) is 0.250. The van der Waals surface area contributed by atoms with Crippen LogP contribution in [0.2, 0.25) is 0 Å². The van der Waals surface area contributed by atoms with E-state index in [1.165, 1.54) is 26.4 Å². The number of carbonyl (C=O) groups excluding carboxylic acids is 3. The highest BCUT2D eigenvalue weighted by Crippen LogP contribution is 2.28. The summed E-state index contributed by atoms with van der Waals surface area (Å²) in [7, 11) is 3.03. The van der Waals surface area contributed by atoms with E-state index >= 15 is 0 Å². The first-order valence-electron chi connectivity index (χ1n) is 8.58. The Bertz CT molecular complexity index is 944. The predicted molar refractivity (Wildman–Crippen MR) is 98.0 cm³/mol. The summed E-state index contributed by atoms with van der Waals surface area (Å²) in [5.41, 5.74) is 0.545. The van der Waals surface area contributed by atoms with E-state index in [9.17, 15) is 18.8 Å². The minimum Gasteiger partial charge on any atom is -0.493 e. The Labute approximate surface area is 161 Å². The zero-order chi connectivity index (χ0) is 20.3. The molecule has 1 heterocycles. The maximum absolute atomic E-state index is 13.8. The Morgan fingerprint density at radius 2 is 1.82 bits per heavy atom. The lowest BCUT2D eigenvalue weighted by Crippen LogP contribution is -2.38. The molecule has 3 amide bonds. The quantitative estimate of drug-likeness (QED) is 0.734. The normalized spacial score (nSPS) is 12.8. The van der Waals surface area contributed by atoms with Crippen molar-refractivity contribution in [1.29, 1.82) is 0 Å². The molecule has 7 nitrogen and oxygen atoms in total. The summed E-state index contributed by atoms with van der Waals surface area (Å²) in [5.74, 6) is -1.18. The molecule has 1 N–H and O–H groups in total. The molecule has 0 aliphatic carbocycles. The summed E-state index contributed by atoms with van der Waals surface area (Å²) in [6, 6.07) is 9.08. The van der Waals surface area contributed by atoms with Gasteiger partial charge in [-0.15, -0.1) is 0 Å². The molecule has 0 aromatic heterocycles. The third-order valence-electron chi connectivity index (χ3n) is 4.42. The number of imide groups is 1. The van der Waals surface area contributed by atoms with Crippen LogP contribution in [-0.2, 0) is 11.2 Å². The molecular formula is C20H19FN2O5. The monoisotopic (exact) mass is 386 g/mol. The first-order valence-corrected chi connectivity index (χ1v) is 8.58. The molecule has 28 heavy (non-hydrogen) atoms. The SMILES string of the molecule is COc1ccc(CC(=O)NCCN2C(=O)c3cccc(F)c3C2=O)cc1OC. The smallest absolute Gasteiger partial charge is 0.264 e. The minimum absolute atomic E-state index is 0.0382. The van der Waals surface area contributed by atoms with Crippen molar-refractivity contribution in [3.8, 4) is 11.5 Å². The summed E-state index contributed by atoms with van der Waals surface area (Å²) < 4.78 is 24.2. The van der Waals surface area contributed by atoms with E-state index in [2.05, 4.69) is 5.32 Å². The van der Waals surface area contributed by atoms with Gasteiger partial charge in [0.1, 0.15) is 5.82 Å². The molecule has 146 valence electrons. The third kappa shape index (κ3) is 3.66. The van der Waals surface area contributed by atoms with Gasteiger partial charge in [-0.2, -0.15) is 0 Å². The minimum atomic E-state index is -0.726. The predicted octanol–water partition coefficient (Wildman–Crippen LogP) is 1.80. The highest BCUT2D eigenvalue weighted by Gasteiger charge is 2.37. The van der Waals surface area contributed by atoms with Crippen molar-refractivity contribution in [2.75, 3.05) is 27.3 Å². The number of fused-ring (bicyclic) bond motifs is 1. The summed E-state index contributed by atoms with van der Waals surface area (Å²) >= 11 is 0. The van der Waals surface area contributed by atoms with Crippen LogP contribution < -0.4 is 14.8 Å². The zero-order valence-corrected chi connectivity index (χ0v) is 15.5. The number of hydrogen-bond acceptors (Lipinski definition) is 5. The number of methoxy groups -OCH3 is 2. The molecular weight excluding hydrogens is 367 g/mol. The van der Waals surface area contributed by atoms with Gasteiger partial charge < -0.3 is 14.8 Å². The molecule has 2 aromatic rings. The Hall–Kier alpha value is -3.42. The van der Waals surface area contributed by atoms with Gasteiger partial charge in [0, 0.05) is 13.1 Å². The maximum Gasteiger partial charge on any atom is 0.264 e. The van der Waals surface area contributed by atoms with Crippen molar-refractivity contribution < 1.29 is 28.2 Å². The van der Waals surface area contributed by atoms with Crippen LogP contribution in [0.4, 0.5) is 4.39 Å². The Morgan fingerprint density at radius 1 is 1.07 bits per heavy atom. The van der Waals surface area contributed by atoms with Crippen molar-refractivity contribution in [3.05, 3.63) is 58.9 Å². The van der Waals surface area contributed by atoms with E-state index < -0.39 is 17.6 Å². The molecule has 0 unspecified atom stereocenters. The first-order chi connectivity index (χ1) is 13.5. The largest absolute Gasteiger partial charge is 0.493 e.